The molecule has 0 atom stereocenters. The number of rotatable bonds is 6. The minimum absolute atomic E-state index is 0.202. The minimum atomic E-state index is -3.37. The van der Waals surface area contributed by atoms with Crippen molar-refractivity contribution >= 4 is 21.7 Å². The van der Waals surface area contributed by atoms with Crippen molar-refractivity contribution in [3.63, 3.8) is 0 Å². The predicted molar refractivity (Wildman–Crippen MR) is 79.4 cm³/mol. The molecular weight excluding hydrogens is 278 g/mol. The van der Waals surface area contributed by atoms with Crippen LogP contribution in [-0.2, 0) is 19.6 Å². The Hall–Kier alpha value is -1.56. The largest absolute Gasteiger partial charge is 0.469 e. The number of sulfonamides is 1. The molecule has 0 fully saturated rings. The van der Waals surface area contributed by atoms with E-state index in [-0.39, 0.29) is 18.9 Å². The van der Waals surface area contributed by atoms with Gasteiger partial charge >= 0.3 is 5.97 Å². The van der Waals surface area contributed by atoms with E-state index in [2.05, 4.69) is 4.74 Å². The summed E-state index contributed by atoms with van der Waals surface area (Å²) >= 11 is 0. The molecule has 0 spiro atoms. The lowest BCUT2D eigenvalue weighted by Gasteiger charge is -2.23. The summed E-state index contributed by atoms with van der Waals surface area (Å²) in [6.45, 7) is 4.10. The van der Waals surface area contributed by atoms with Crippen LogP contribution in [0, 0.1) is 13.8 Å². The highest BCUT2D eigenvalue weighted by molar-refractivity contribution is 7.92. The summed E-state index contributed by atoms with van der Waals surface area (Å²) in [5.74, 6) is -0.334. The van der Waals surface area contributed by atoms with Gasteiger partial charge in [-0.1, -0.05) is 6.07 Å². The highest BCUT2D eigenvalue weighted by Gasteiger charge is 2.18. The Morgan fingerprint density at radius 3 is 2.20 bits per heavy atom. The molecule has 0 aliphatic rings. The number of carbonyl (C=O) groups is 1. The van der Waals surface area contributed by atoms with Crippen LogP contribution in [0.4, 0.5) is 5.69 Å². The van der Waals surface area contributed by atoms with Gasteiger partial charge in [0.1, 0.15) is 0 Å². The van der Waals surface area contributed by atoms with Gasteiger partial charge in [0.2, 0.25) is 10.0 Å². The van der Waals surface area contributed by atoms with Gasteiger partial charge in [0.25, 0.3) is 0 Å². The smallest absolute Gasteiger partial charge is 0.305 e. The number of ether oxygens (including phenoxy) is 1. The Kier molecular flexibility index (Phi) is 5.56. The van der Waals surface area contributed by atoms with Crippen LogP contribution in [0.15, 0.2) is 18.2 Å². The molecule has 0 amide bonds. The van der Waals surface area contributed by atoms with E-state index in [9.17, 15) is 13.2 Å². The second-order valence-electron chi connectivity index (χ2n) is 4.86. The van der Waals surface area contributed by atoms with Gasteiger partial charge in [-0.05, 0) is 43.5 Å². The lowest BCUT2D eigenvalue weighted by atomic mass is 10.1. The number of benzene rings is 1. The van der Waals surface area contributed by atoms with Crippen molar-refractivity contribution in [1.29, 1.82) is 0 Å². The Morgan fingerprint density at radius 1 is 1.20 bits per heavy atom. The number of aryl methyl sites for hydroxylation is 2. The Morgan fingerprint density at radius 2 is 1.75 bits per heavy atom. The van der Waals surface area contributed by atoms with E-state index in [4.69, 9.17) is 0 Å². The van der Waals surface area contributed by atoms with E-state index in [1.54, 1.807) is 0 Å². The van der Waals surface area contributed by atoms with Crippen molar-refractivity contribution in [2.45, 2.75) is 26.7 Å². The van der Waals surface area contributed by atoms with Crippen molar-refractivity contribution in [1.82, 2.24) is 0 Å². The molecule has 0 saturated heterocycles. The molecule has 1 rings (SSSR count). The number of carbonyl (C=O) groups excluding carboxylic acids is 1. The quantitative estimate of drug-likeness (QED) is 0.754. The Labute approximate surface area is 120 Å². The van der Waals surface area contributed by atoms with Crippen LogP contribution in [0.3, 0.4) is 0 Å². The molecule has 0 N–H and O–H groups in total. The molecule has 0 aliphatic carbocycles. The molecule has 0 unspecified atom stereocenters. The van der Waals surface area contributed by atoms with Crippen LogP contribution in [0.2, 0.25) is 0 Å². The van der Waals surface area contributed by atoms with Crippen molar-refractivity contribution in [3.8, 4) is 0 Å². The second kappa shape index (κ2) is 6.74. The molecule has 0 bridgehead atoms. The van der Waals surface area contributed by atoms with Gasteiger partial charge in [0, 0.05) is 13.0 Å². The first-order chi connectivity index (χ1) is 9.24. The predicted octanol–water partition coefficient (Wildman–Crippen LogP) is 2.02. The fourth-order valence-corrected chi connectivity index (χ4v) is 3.00. The number of esters is 1. The fraction of sp³-hybridized carbons (Fsp3) is 0.500. The lowest BCUT2D eigenvalue weighted by Crippen LogP contribution is -2.31. The first-order valence-electron chi connectivity index (χ1n) is 6.37. The van der Waals surface area contributed by atoms with E-state index in [1.165, 1.54) is 17.7 Å². The van der Waals surface area contributed by atoms with E-state index in [1.807, 2.05) is 32.0 Å². The van der Waals surface area contributed by atoms with E-state index >= 15 is 0 Å². The topological polar surface area (TPSA) is 63.7 Å². The average Bonchev–Trinajstić information content (AvgIpc) is 2.31. The molecule has 20 heavy (non-hydrogen) atoms. The van der Waals surface area contributed by atoms with Crippen molar-refractivity contribution < 1.29 is 17.9 Å². The summed E-state index contributed by atoms with van der Waals surface area (Å²) in [6.07, 6.45) is 1.79. The molecule has 6 heteroatoms. The molecule has 112 valence electrons. The third-order valence-electron chi connectivity index (χ3n) is 2.86. The first-order valence-corrected chi connectivity index (χ1v) is 8.21. The standard InChI is InChI=1S/C14H21NO4S/c1-11-8-12(2)10-13(9-11)15(20(4,17)18)7-5-6-14(16)19-3/h8-10H,5-7H2,1-4H3. The molecule has 0 radical (unpaired) electrons. The highest BCUT2D eigenvalue weighted by atomic mass is 32.2. The Bertz CT molecular complexity index is 561. The summed E-state index contributed by atoms with van der Waals surface area (Å²) in [5, 5.41) is 0. The van der Waals surface area contributed by atoms with Gasteiger partial charge in [-0.3, -0.25) is 9.10 Å². The summed E-state index contributed by atoms with van der Waals surface area (Å²) in [4.78, 5) is 11.1. The van der Waals surface area contributed by atoms with Crippen molar-refractivity contribution in [2.24, 2.45) is 0 Å². The molecule has 1 aromatic carbocycles. The Balaban J connectivity index is 2.93. The van der Waals surface area contributed by atoms with Crippen LogP contribution in [-0.4, -0.2) is 34.3 Å². The van der Waals surface area contributed by atoms with E-state index < -0.39 is 10.0 Å². The molecule has 5 nitrogen and oxygen atoms in total. The highest BCUT2D eigenvalue weighted by Crippen LogP contribution is 2.21. The molecule has 0 saturated carbocycles. The minimum Gasteiger partial charge on any atom is -0.469 e. The summed E-state index contributed by atoms with van der Waals surface area (Å²) in [6, 6.07) is 5.64. The summed E-state index contributed by atoms with van der Waals surface area (Å²) < 4.78 is 29.7. The third kappa shape index (κ3) is 4.85. The lowest BCUT2D eigenvalue weighted by molar-refractivity contribution is -0.140. The maximum absolute atomic E-state index is 11.9. The van der Waals surface area contributed by atoms with E-state index in [0.717, 1.165) is 11.1 Å². The van der Waals surface area contributed by atoms with Gasteiger partial charge < -0.3 is 4.74 Å². The molecule has 0 aromatic heterocycles. The zero-order valence-electron chi connectivity index (χ0n) is 12.3. The normalized spacial score (nSPS) is 11.2. The van der Waals surface area contributed by atoms with Crippen LogP contribution in [0.25, 0.3) is 0 Å². The van der Waals surface area contributed by atoms with Gasteiger partial charge in [-0.2, -0.15) is 0 Å². The van der Waals surface area contributed by atoms with E-state index in [0.29, 0.717) is 12.1 Å². The van der Waals surface area contributed by atoms with Crippen molar-refractivity contribution in [2.75, 3.05) is 24.2 Å². The maximum atomic E-state index is 11.9. The number of hydrogen-bond donors (Lipinski definition) is 0. The van der Waals surface area contributed by atoms with Gasteiger partial charge in [-0.15, -0.1) is 0 Å². The van der Waals surface area contributed by atoms with Crippen LogP contribution < -0.4 is 4.31 Å². The van der Waals surface area contributed by atoms with Crippen LogP contribution in [0.1, 0.15) is 24.0 Å². The maximum Gasteiger partial charge on any atom is 0.305 e. The molecule has 0 aliphatic heterocycles. The summed E-state index contributed by atoms with van der Waals surface area (Å²) in [5.41, 5.74) is 2.64. The molecule has 1 aromatic rings. The van der Waals surface area contributed by atoms with Crippen molar-refractivity contribution in [3.05, 3.63) is 29.3 Å². The zero-order valence-corrected chi connectivity index (χ0v) is 13.2. The zero-order chi connectivity index (χ0) is 15.3. The number of anilines is 1. The van der Waals surface area contributed by atoms with Crippen LogP contribution in [0.5, 0.6) is 0 Å². The average molecular weight is 299 g/mol. The van der Waals surface area contributed by atoms with Gasteiger partial charge in [-0.25, -0.2) is 8.42 Å². The monoisotopic (exact) mass is 299 g/mol. The summed E-state index contributed by atoms with van der Waals surface area (Å²) in [7, 11) is -2.05. The van der Waals surface area contributed by atoms with Gasteiger partial charge in [0.05, 0.1) is 19.1 Å². The third-order valence-corrected chi connectivity index (χ3v) is 4.06. The second-order valence-corrected chi connectivity index (χ2v) is 6.77. The first kappa shape index (κ1) is 16.5. The molecule has 0 heterocycles. The van der Waals surface area contributed by atoms with Gasteiger partial charge in [0.15, 0.2) is 0 Å². The van der Waals surface area contributed by atoms with Crippen LogP contribution >= 0.6 is 0 Å². The molecular formula is C14H21NO4S. The fourth-order valence-electron chi connectivity index (χ4n) is 2.05. The SMILES string of the molecule is COC(=O)CCCN(c1cc(C)cc(C)c1)S(C)(=O)=O. The number of hydrogen-bond acceptors (Lipinski definition) is 4. The number of methoxy groups -OCH3 is 1. The number of nitrogens with zero attached hydrogens (tertiary/aromatic N) is 1.